The van der Waals surface area contributed by atoms with Crippen LogP contribution in [0.5, 0.6) is 0 Å². The fraction of sp³-hybridized carbons (Fsp3) is 0. The van der Waals surface area contributed by atoms with Crippen LogP contribution >= 0.6 is 11.3 Å². The van der Waals surface area contributed by atoms with Crippen LogP contribution in [0.25, 0.3) is 16.0 Å². The average Bonchev–Trinajstić information content (AvgIpc) is 2.95. The van der Waals surface area contributed by atoms with Gasteiger partial charge < -0.3 is 5.11 Å². The van der Waals surface area contributed by atoms with E-state index in [1.54, 1.807) is 10.9 Å². The van der Waals surface area contributed by atoms with Gasteiger partial charge in [-0.2, -0.15) is 5.10 Å². The van der Waals surface area contributed by atoms with Gasteiger partial charge in [0.2, 0.25) is 5.13 Å². The maximum atomic E-state index is 10.8. The Morgan fingerprint density at radius 2 is 2.18 bits per heavy atom. The lowest BCUT2D eigenvalue weighted by atomic mass is 10.3. The summed E-state index contributed by atoms with van der Waals surface area (Å²) >= 11 is 1.26. The lowest BCUT2D eigenvalue weighted by Crippen LogP contribution is -1.99. The molecule has 0 atom stereocenters. The minimum absolute atomic E-state index is 0.0459. The molecule has 0 aliphatic heterocycles. The third-order valence-corrected chi connectivity index (χ3v) is 3.19. The van der Waals surface area contributed by atoms with Gasteiger partial charge in [0.05, 0.1) is 11.7 Å². The van der Waals surface area contributed by atoms with Crippen LogP contribution in [0, 0.1) is 0 Å². The molecule has 3 aromatic rings. The number of thiazole rings is 1. The van der Waals surface area contributed by atoms with Crippen LogP contribution in [0.15, 0.2) is 35.8 Å². The van der Waals surface area contributed by atoms with E-state index in [-0.39, 0.29) is 5.69 Å². The smallest absolute Gasteiger partial charge is 0.355 e. The van der Waals surface area contributed by atoms with E-state index in [9.17, 15) is 4.79 Å². The minimum Gasteiger partial charge on any atom is -0.476 e. The molecule has 0 saturated heterocycles. The molecular formula is C11H7N3O2S. The summed E-state index contributed by atoms with van der Waals surface area (Å²) in [6, 6.07) is 7.71. The van der Waals surface area contributed by atoms with E-state index in [0.29, 0.717) is 5.13 Å². The highest BCUT2D eigenvalue weighted by molar-refractivity contribution is 7.12. The van der Waals surface area contributed by atoms with E-state index < -0.39 is 5.97 Å². The molecule has 0 unspecified atom stereocenters. The van der Waals surface area contributed by atoms with Crippen molar-refractivity contribution in [2.45, 2.75) is 0 Å². The van der Waals surface area contributed by atoms with E-state index in [2.05, 4.69) is 10.1 Å². The molecule has 0 fully saturated rings. The third kappa shape index (κ3) is 1.58. The van der Waals surface area contributed by atoms with E-state index in [1.165, 1.54) is 16.7 Å². The van der Waals surface area contributed by atoms with Crippen LogP contribution in [-0.4, -0.2) is 25.8 Å². The molecule has 1 aromatic carbocycles. The predicted octanol–water partition coefficient (Wildman–Crippen LogP) is 2.18. The summed E-state index contributed by atoms with van der Waals surface area (Å²) in [5.74, 6) is -1.02. The van der Waals surface area contributed by atoms with Gasteiger partial charge in [-0.25, -0.2) is 14.5 Å². The summed E-state index contributed by atoms with van der Waals surface area (Å²) in [5.41, 5.74) is 0.961. The van der Waals surface area contributed by atoms with Crippen molar-refractivity contribution in [3.8, 4) is 5.13 Å². The SMILES string of the molecule is O=C(O)c1csc(-n2ncc3ccccc32)n1. The number of benzene rings is 1. The fourth-order valence-corrected chi connectivity index (χ4v) is 2.35. The molecule has 0 aliphatic rings. The van der Waals surface area contributed by atoms with Gasteiger partial charge in [0.15, 0.2) is 5.69 Å². The highest BCUT2D eigenvalue weighted by Gasteiger charge is 2.12. The van der Waals surface area contributed by atoms with Gasteiger partial charge in [0, 0.05) is 10.8 Å². The molecule has 0 saturated carbocycles. The number of fused-ring (bicyclic) bond motifs is 1. The van der Waals surface area contributed by atoms with Crippen molar-refractivity contribution in [1.82, 2.24) is 14.8 Å². The number of hydrogen-bond donors (Lipinski definition) is 1. The molecule has 0 amide bonds. The molecule has 1 N–H and O–H groups in total. The van der Waals surface area contributed by atoms with Gasteiger partial charge in [-0.05, 0) is 6.07 Å². The van der Waals surface area contributed by atoms with Gasteiger partial charge in [0.25, 0.3) is 0 Å². The number of hydrogen-bond acceptors (Lipinski definition) is 4. The van der Waals surface area contributed by atoms with E-state index in [1.807, 2.05) is 24.3 Å². The number of carboxylic acids is 1. The lowest BCUT2D eigenvalue weighted by molar-refractivity contribution is 0.0691. The zero-order valence-corrected chi connectivity index (χ0v) is 9.39. The third-order valence-electron chi connectivity index (χ3n) is 2.37. The molecule has 2 heterocycles. The molecule has 5 nitrogen and oxygen atoms in total. The Morgan fingerprint density at radius 1 is 1.35 bits per heavy atom. The molecular weight excluding hydrogens is 238 g/mol. The quantitative estimate of drug-likeness (QED) is 0.751. The molecule has 84 valence electrons. The Hall–Kier alpha value is -2.21. The van der Waals surface area contributed by atoms with Crippen LogP contribution in [-0.2, 0) is 0 Å². The summed E-state index contributed by atoms with van der Waals surface area (Å²) in [7, 11) is 0. The van der Waals surface area contributed by atoms with E-state index in [4.69, 9.17) is 5.11 Å². The highest BCUT2D eigenvalue weighted by atomic mass is 32.1. The number of rotatable bonds is 2. The highest BCUT2D eigenvalue weighted by Crippen LogP contribution is 2.20. The van der Waals surface area contributed by atoms with Gasteiger partial charge in [-0.1, -0.05) is 18.2 Å². The Morgan fingerprint density at radius 3 is 2.94 bits per heavy atom. The van der Waals surface area contributed by atoms with Crippen molar-refractivity contribution < 1.29 is 9.90 Å². The van der Waals surface area contributed by atoms with Gasteiger partial charge >= 0.3 is 5.97 Å². The number of carboxylic acid groups (broad SMARTS) is 1. The van der Waals surface area contributed by atoms with Crippen molar-refractivity contribution in [1.29, 1.82) is 0 Å². The first kappa shape index (κ1) is 9.98. The summed E-state index contributed by atoms with van der Waals surface area (Å²) in [6.07, 6.45) is 1.73. The maximum Gasteiger partial charge on any atom is 0.355 e. The number of aromatic nitrogens is 3. The standard InChI is InChI=1S/C11H7N3O2S/c15-10(16)8-6-17-11(13-8)14-9-4-2-1-3-7(9)5-12-14/h1-6H,(H,15,16). The molecule has 0 bridgehead atoms. The number of aromatic carboxylic acids is 1. The van der Waals surface area contributed by atoms with Crippen LogP contribution in [0.1, 0.15) is 10.5 Å². The van der Waals surface area contributed by atoms with Crippen LogP contribution < -0.4 is 0 Å². The van der Waals surface area contributed by atoms with Crippen molar-refractivity contribution >= 4 is 28.2 Å². The minimum atomic E-state index is -1.02. The number of para-hydroxylation sites is 1. The second-order valence-corrected chi connectivity index (χ2v) is 4.27. The van der Waals surface area contributed by atoms with E-state index in [0.717, 1.165) is 10.9 Å². The molecule has 2 aromatic heterocycles. The monoisotopic (exact) mass is 245 g/mol. The van der Waals surface area contributed by atoms with Gasteiger partial charge in [0.1, 0.15) is 0 Å². The van der Waals surface area contributed by atoms with Crippen LogP contribution in [0.2, 0.25) is 0 Å². The summed E-state index contributed by atoms with van der Waals surface area (Å²) < 4.78 is 1.65. The van der Waals surface area contributed by atoms with Crippen molar-refractivity contribution in [3.05, 3.63) is 41.5 Å². The molecule has 0 aliphatic carbocycles. The molecule has 6 heteroatoms. The Bertz CT molecular complexity index is 701. The Labute approximate surface area is 100.0 Å². The zero-order chi connectivity index (χ0) is 11.8. The molecule has 3 rings (SSSR count). The Kier molecular flexibility index (Phi) is 2.15. The first-order chi connectivity index (χ1) is 8.25. The van der Waals surface area contributed by atoms with Crippen LogP contribution in [0.3, 0.4) is 0 Å². The van der Waals surface area contributed by atoms with Crippen molar-refractivity contribution in [3.63, 3.8) is 0 Å². The Balaban J connectivity index is 2.17. The molecule has 0 spiro atoms. The first-order valence-electron chi connectivity index (χ1n) is 4.87. The molecule has 0 radical (unpaired) electrons. The van der Waals surface area contributed by atoms with Gasteiger partial charge in [-0.15, -0.1) is 11.3 Å². The second-order valence-electron chi connectivity index (χ2n) is 3.44. The van der Waals surface area contributed by atoms with Crippen molar-refractivity contribution in [2.75, 3.05) is 0 Å². The predicted molar refractivity (Wildman–Crippen MR) is 63.7 cm³/mol. The summed E-state index contributed by atoms with van der Waals surface area (Å²) in [4.78, 5) is 14.8. The number of nitrogens with zero attached hydrogens (tertiary/aromatic N) is 3. The normalized spacial score (nSPS) is 10.8. The van der Waals surface area contributed by atoms with Crippen molar-refractivity contribution in [2.24, 2.45) is 0 Å². The fourth-order valence-electron chi connectivity index (χ4n) is 1.58. The largest absolute Gasteiger partial charge is 0.476 e. The van der Waals surface area contributed by atoms with E-state index >= 15 is 0 Å². The lowest BCUT2D eigenvalue weighted by Gasteiger charge is -1.96. The summed E-state index contributed by atoms with van der Waals surface area (Å²) in [5, 5.41) is 16.1. The molecule has 17 heavy (non-hydrogen) atoms. The van der Waals surface area contributed by atoms with Crippen LogP contribution in [0.4, 0.5) is 0 Å². The summed E-state index contributed by atoms with van der Waals surface area (Å²) in [6.45, 7) is 0. The maximum absolute atomic E-state index is 10.8. The topological polar surface area (TPSA) is 68.0 Å². The van der Waals surface area contributed by atoms with Gasteiger partial charge in [-0.3, -0.25) is 0 Å². The second kappa shape index (κ2) is 3.67. The number of carbonyl (C=O) groups is 1. The average molecular weight is 245 g/mol. The first-order valence-corrected chi connectivity index (χ1v) is 5.75. The zero-order valence-electron chi connectivity index (χ0n) is 8.57.